The van der Waals surface area contributed by atoms with Gasteiger partial charge in [-0.05, 0) is 43.0 Å². The van der Waals surface area contributed by atoms with Crippen LogP contribution in [0, 0.1) is 23.5 Å². The standard InChI is InChI=1S/C21H23F2N3O2/c1-14(20(27)25-19-13-16(22)7-8-18(19)23)15-9-11-26(12-10-15)21(28)24-17-5-3-2-4-6-17/h2-8,13-15H,9-12H2,1H3,(H,24,28)(H,25,27). The molecule has 1 aliphatic heterocycles. The Hall–Kier alpha value is -2.96. The monoisotopic (exact) mass is 387 g/mol. The third-order valence-electron chi connectivity index (χ3n) is 5.16. The molecule has 0 aromatic heterocycles. The average molecular weight is 387 g/mol. The highest BCUT2D eigenvalue weighted by Gasteiger charge is 2.30. The molecule has 3 amide bonds. The van der Waals surface area contributed by atoms with E-state index in [1.165, 1.54) is 0 Å². The van der Waals surface area contributed by atoms with Crippen LogP contribution in [0.25, 0.3) is 0 Å². The van der Waals surface area contributed by atoms with Gasteiger partial charge < -0.3 is 15.5 Å². The summed E-state index contributed by atoms with van der Waals surface area (Å²) >= 11 is 0. The normalized spacial score (nSPS) is 15.8. The third kappa shape index (κ3) is 4.85. The molecule has 0 aliphatic carbocycles. The van der Waals surface area contributed by atoms with Gasteiger partial charge in [0.25, 0.3) is 0 Å². The fourth-order valence-electron chi connectivity index (χ4n) is 3.38. The van der Waals surface area contributed by atoms with Crippen molar-refractivity contribution in [3.8, 4) is 0 Å². The van der Waals surface area contributed by atoms with E-state index < -0.39 is 11.6 Å². The first-order chi connectivity index (χ1) is 13.4. The molecule has 2 aromatic rings. The Labute approximate surface area is 162 Å². The first-order valence-corrected chi connectivity index (χ1v) is 9.31. The number of carbonyl (C=O) groups is 2. The van der Waals surface area contributed by atoms with Crippen LogP contribution in [0.5, 0.6) is 0 Å². The molecule has 7 heteroatoms. The Balaban J connectivity index is 1.51. The minimum absolute atomic E-state index is 0.0670. The number of piperidine rings is 1. The highest BCUT2D eigenvalue weighted by molar-refractivity contribution is 5.92. The molecule has 1 aliphatic rings. The molecule has 28 heavy (non-hydrogen) atoms. The summed E-state index contributed by atoms with van der Waals surface area (Å²) in [4.78, 5) is 26.5. The molecular weight excluding hydrogens is 364 g/mol. The molecular formula is C21H23F2N3O2. The zero-order valence-corrected chi connectivity index (χ0v) is 15.6. The molecule has 5 nitrogen and oxygen atoms in total. The number of urea groups is 1. The largest absolute Gasteiger partial charge is 0.325 e. The second kappa shape index (κ2) is 8.82. The number of halogens is 2. The van der Waals surface area contributed by atoms with E-state index in [-0.39, 0.29) is 29.5 Å². The van der Waals surface area contributed by atoms with Crippen LogP contribution in [0.3, 0.4) is 0 Å². The number of anilines is 2. The van der Waals surface area contributed by atoms with E-state index in [4.69, 9.17) is 0 Å². The van der Waals surface area contributed by atoms with E-state index in [2.05, 4.69) is 10.6 Å². The van der Waals surface area contributed by atoms with Crippen molar-refractivity contribution in [1.82, 2.24) is 4.90 Å². The Morgan fingerprint density at radius 2 is 1.71 bits per heavy atom. The van der Waals surface area contributed by atoms with Crippen molar-refractivity contribution in [2.24, 2.45) is 11.8 Å². The second-order valence-corrected chi connectivity index (χ2v) is 7.02. The van der Waals surface area contributed by atoms with E-state index in [0.29, 0.717) is 25.9 Å². The maximum absolute atomic E-state index is 13.7. The first-order valence-electron chi connectivity index (χ1n) is 9.31. The number of hydrogen-bond donors (Lipinski definition) is 2. The summed E-state index contributed by atoms with van der Waals surface area (Å²) < 4.78 is 27.0. The maximum Gasteiger partial charge on any atom is 0.321 e. The smallest absolute Gasteiger partial charge is 0.321 e. The van der Waals surface area contributed by atoms with Crippen LogP contribution >= 0.6 is 0 Å². The lowest BCUT2D eigenvalue weighted by molar-refractivity contribution is -0.121. The molecule has 3 rings (SSSR count). The molecule has 2 aromatic carbocycles. The molecule has 1 fully saturated rings. The molecule has 1 atom stereocenters. The fourth-order valence-corrected chi connectivity index (χ4v) is 3.38. The van der Waals surface area contributed by atoms with E-state index in [0.717, 1.165) is 23.9 Å². The Morgan fingerprint density at radius 3 is 2.39 bits per heavy atom. The van der Waals surface area contributed by atoms with Gasteiger partial charge >= 0.3 is 6.03 Å². The number of benzene rings is 2. The van der Waals surface area contributed by atoms with Gasteiger partial charge in [-0.3, -0.25) is 4.79 Å². The predicted octanol–water partition coefficient (Wildman–Crippen LogP) is 4.48. The molecule has 0 spiro atoms. The lowest BCUT2D eigenvalue weighted by atomic mass is 9.85. The van der Waals surface area contributed by atoms with Gasteiger partial charge in [0.05, 0.1) is 5.69 Å². The number of amides is 3. The number of hydrogen-bond acceptors (Lipinski definition) is 2. The highest BCUT2D eigenvalue weighted by Crippen LogP contribution is 2.27. The first kappa shape index (κ1) is 19.8. The van der Waals surface area contributed by atoms with Crippen molar-refractivity contribution < 1.29 is 18.4 Å². The van der Waals surface area contributed by atoms with Gasteiger partial charge in [0, 0.05) is 30.8 Å². The third-order valence-corrected chi connectivity index (χ3v) is 5.16. The number of rotatable bonds is 4. The van der Waals surface area contributed by atoms with Crippen LogP contribution < -0.4 is 10.6 Å². The van der Waals surface area contributed by atoms with Crippen molar-refractivity contribution >= 4 is 23.3 Å². The minimum atomic E-state index is -0.672. The van der Waals surface area contributed by atoms with Crippen LogP contribution in [0.1, 0.15) is 19.8 Å². The summed E-state index contributed by atoms with van der Waals surface area (Å²) in [6, 6.07) is 12.0. The van der Waals surface area contributed by atoms with Crippen molar-refractivity contribution in [1.29, 1.82) is 0 Å². The van der Waals surface area contributed by atoms with Crippen LogP contribution in [0.4, 0.5) is 25.0 Å². The van der Waals surface area contributed by atoms with Gasteiger partial charge in [0.2, 0.25) is 5.91 Å². The van der Waals surface area contributed by atoms with E-state index in [9.17, 15) is 18.4 Å². The molecule has 0 saturated carbocycles. The molecule has 148 valence electrons. The Kier molecular flexibility index (Phi) is 6.23. The molecule has 0 radical (unpaired) electrons. The topological polar surface area (TPSA) is 61.4 Å². The minimum Gasteiger partial charge on any atom is -0.325 e. The van der Waals surface area contributed by atoms with Gasteiger partial charge in [0.15, 0.2) is 0 Å². The maximum atomic E-state index is 13.7. The highest BCUT2D eigenvalue weighted by atomic mass is 19.1. The molecule has 1 unspecified atom stereocenters. The lowest BCUT2D eigenvalue weighted by Gasteiger charge is -2.34. The predicted molar refractivity (Wildman–Crippen MR) is 104 cm³/mol. The van der Waals surface area contributed by atoms with Crippen LogP contribution in [-0.2, 0) is 4.79 Å². The summed E-state index contributed by atoms with van der Waals surface area (Å²) in [6.07, 6.45) is 1.34. The van der Waals surface area contributed by atoms with Gasteiger partial charge in [-0.2, -0.15) is 0 Å². The van der Waals surface area contributed by atoms with Gasteiger partial charge in [-0.25, -0.2) is 13.6 Å². The van der Waals surface area contributed by atoms with Crippen LogP contribution in [-0.4, -0.2) is 29.9 Å². The number of nitrogens with zero attached hydrogens (tertiary/aromatic N) is 1. The fraction of sp³-hybridized carbons (Fsp3) is 0.333. The Bertz CT molecular complexity index is 837. The van der Waals surface area contributed by atoms with E-state index in [1.54, 1.807) is 11.8 Å². The SMILES string of the molecule is CC(C(=O)Nc1cc(F)ccc1F)C1CCN(C(=O)Nc2ccccc2)CC1. The van der Waals surface area contributed by atoms with Crippen LogP contribution in [0.15, 0.2) is 48.5 Å². The number of likely N-dealkylation sites (tertiary alicyclic amines) is 1. The molecule has 1 saturated heterocycles. The van der Waals surface area contributed by atoms with Crippen molar-refractivity contribution in [2.45, 2.75) is 19.8 Å². The molecule has 0 bridgehead atoms. The summed E-state index contributed by atoms with van der Waals surface area (Å²) in [5.74, 6) is -1.94. The summed E-state index contributed by atoms with van der Waals surface area (Å²) in [7, 11) is 0. The average Bonchev–Trinajstić information content (AvgIpc) is 2.71. The Morgan fingerprint density at radius 1 is 1.04 bits per heavy atom. The zero-order chi connectivity index (χ0) is 20.1. The van der Waals surface area contributed by atoms with Gasteiger partial charge in [0.1, 0.15) is 11.6 Å². The van der Waals surface area contributed by atoms with Crippen molar-refractivity contribution in [2.75, 3.05) is 23.7 Å². The van der Waals surface area contributed by atoms with Crippen molar-refractivity contribution in [3.63, 3.8) is 0 Å². The number of carbonyl (C=O) groups excluding carboxylic acids is 2. The zero-order valence-electron chi connectivity index (χ0n) is 15.6. The summed E-state index contributed by atoms with van der Waals surface area (Å²) in [6.45, 7) is 2.85. The molecule has 1 heterocycles. The lowest BCUT2D eigenvalue weighted by Crippen LogP contribution is -2.43. The van der Waals surface area contributed by atoms with E-state index >= 15 is 0 Å². The summed E-state index contributed by atoms with van der Waals surface area (Å²) in [5.41, 5.74) is 0.580. The van der Waals surface area contributed by atoms with E-state index in [1.807, 2.05) is 30.3 Å². The second-order valence-electron chi connectivity index (χ2n) is 7.02. The molecule has 2 N–H and O–H groups in total. The van der Waals surface area contributed by atoms with Gasteiger partial charge in [-0.1, -0.05) is 25.1 Å². The van der Waals surface area contributed by atoms with Crippen molar-refractivity contribution in [3.05, 3.63) is 60.2 Å². The van der Waals surface area contributed by atoms with Crippen LogP contribution in [0.2, 0.25) is 0 Å². The van der Waals surface area contributed by atoms with Gasteiger partial charge in [-0.15, -0.1) is 0 Å². The number of nitrogens with one attached hydrogen (secondary N) is 2. The summed E-state index contributed by atoms with van der Waals surface area (Å²) in [5, 5.41) is 5.32. The quantitative estimate of drug-likeness (QED) is 0.812. The number of para-hydroxylation sites is 1.